The molecule has 0 atom stereocenters. The van der Waals surface area contributed by atoms with Crippen LogP contribution in [0.5, 0.6) is 0 Å². The zero-order valence-corrected chi connectivity index (χ0v) is 12.4. The lowest BCUT2D eigenvalue weighted by atomic mass is 9.76. The molecule has 0 unspecified atom stereocenters. The van der Waals surface area contributed by atoms with Crippen LogP contribution in [-0.4, -0.2) is 15.3 Å². The minimum absolute atomic E-state index is 0.0684. The zero-order valence-electron chi connectivity index (χ0n) is 11.6. The summed E-state index contributed by atoms with van der Waals surface area (Å²) in [5.74, 6) is 0.278. The minimum atomic E-state index is 0.0684. The lowest BCUT2D eigenvalue weighted by molar-refractivity contribution is 0.0910. The molecule has 0 saturated carbocycles. The van der Waals surface area contributed by atoms with Gasteiger partial charge in [-0.15, -0.1) is 11.3 Å². The summed E-state index contributed by atoms with van der Waals surface area (Å²) in [7, 11) is 0. The van der Waals surface area contributed by atoms with Crippen LogP contribution >= 0.6 is 11.3 Å². The average molecular weight is 274 g/mol. The summed E-state index contributed by atoms with van der Waals surface area (Å²) >= 11 is 1.72. The van der Waals surface area contributed by atoms with Crippen molar-refractivity contribution in [3.05, 3.63) is 39.6 Å². The van der Waals surface area contributed by atoms with Crippen LogP contribution in [-0.2, 0) is 13.0 Å². The van der Waals surface area contributed by atoms with Crippen molar-refractivity contribution in [3.63, 3.8) is 0 Å². The van der Waals surface area contributed by atoms with Crippen LogP contribution in [0.3, 0.4) is 0 Å². The van der Waals surface area contributed by atoms with Crippen LogP contribution in [0.25, 0.3) is 0 Å². The van der Waals surface area contributed by atoms with E-state index in [0.717, 1.165) is 23.5 Å². The predicted octanol–water partition coefficient (Wildman–Crippen LogP) is 3.46. The van der Waals surface area contributed by atoms with Gasteiger partial charge in [0.1, 0.15) is 5.01 Å². The standard InChI is InChI=1S/C15H18N2OS/c1-10-8-16-14(19-10)9-17-5-4-11-12(17)6-15(2,3)7-13(11)18/h4-5,8H,6-7,9H2,1-3H3. The van der Waals surface area contributed by atoms with E-state index in [2.05, 4.69) is 30.3 Å². The number of nitrogens with zero attached hydrogens (tertiary/aromatic N) is 2. The van der Waals surface area contributed by atoms with Crippen molar-refractivity contribution < 1.29 is 4.79 Å². The number of carbonyl (C=O) groups excluding carboxylic acids is 1. The molecule has 0 spiro atoms. The number of aromatic nitrogens is 2. The number of aryl methyl sites for hydroxylation is 1. The van der Waals surface area contributed by atoms with Crippen molar-refractivity contribution >= 4 is 17.1 Å². The maximum atomic E-state index is 12.1. The van der Waals surface area contributed by atoms with E-state index >= 15 is 0 Å². The Morgan fingerprint density at radius 2 is 2.21 bits per heavy atom. The fraction of sp³-hybridized carbons (Fsp3) is 0.467. The molecule has 4 heteroatoms. The first-order valence-corrected chi connectivity index (χ1v) is 7.39. The van der Waals surface area contributed by atoms with Crippen LogP contribution in [0.2, 0.25) is 0 Å². The first-order chi connectivity index (χ1) is 8.94. The Morgan fingerprint density at radius 3 is 2.89 bits per heavy atom. The van der Waals surface area contributed by atoms with E-state index in [1.54, 1.807) is 11.3 Å². The van der Waals surface area contributed by atoms with Gasteiger partial charge in [-0.1, -0.05) is 13.8 Å². The maximum absolute atomic E-state index is 12.1. The number of thiazole rings is 1. The van der Waals surface area contributed by atoms with Crippen LogP contribution in [0.4, 0.5) is 0 Å². The van der Waals surface area contributed by atoms with Gasteiger partial charge >= 0.3 is 0 Å². The molecule has 0 amide bonds. The molecule has 3 rings (SSSR count). The van der Waals surface area contributed by atoms with Crippen molar-refractivity contribution in [1.29, 1.82) is 0 Å². The van der Waals surface area contributed by atoms with Gasteiger partial charge in [0, 0.05) is 34.9 Å². The van der Waals surface area contributed by atoms with Crippen molar-refractivity contribution in [2.45, 2.75) is 40.2 Å². The van der Waals surface area contributed by atoms with Gasteiger partial charge in [-0.3, -0.25) is 4.79 Å². The van der Waals surface area contributed by atoms with E-state index < -0.39 is 0 Å². The highest BCUT2D eigenvalue weighted by Crippen LogP contribution is 2.35. The summed E-state index contributed by atoms with van der Waals surface area (Å²) in [6, 6.07) is 1.97. The van der Waals surface area contributed by atoms with Crippen LogP contribution < -0.4 is 0 Å². The maximum Gasteiger partial charge on any atom is 0.165 e. The van der Waals surface area contributed by atoms with Gasteiger partial charge in [0.2, 0.25) is 0 Å². The molecule has 0 fully saturated rings. The highest BCUT2D eigenvalue weighted by atomic mass is 32.1. The molecule has 100 valence electrons. The average Bonchev–Trinajstić information content (AvgIpc) is 2.86. The van der Waals surface area contributed by atoms with Crippen molar-refractivity contribution in [2.24, 2.45) is 5.41 Å². The van der Waals surface area contributed by atoms with Gasteiger partial charge in [0.25, 0.3) is 0 Å². The van der Waals surface area contributed by atoms with Gasteiger partial charge in [-0.25, -0.2) is 4.98 Å². The summed E-state index contributed by atoms with van der Waals surface area (Å²) in [6.45, 7) is 7.17. The van der Waals surface area contributed by atoms with Crippen LogP contribution in [0.1, 0.15) is 46.2 Å². The lowest BCUT2D eigenvalue weighted by Gasteiger charge is -2.29. The first-order valence-electron chi connectivity index (χ1n) is 6.57. The summed E-state index contributed by atoms with van der Waals surface area (Å²) in [5.41, 5.74) is 2.15. The molecule has 2 aromatic heterocycles. The molecule has 1 aliphatic rings. The smallest absolute Gasteiger partial charge is 0.165 e. The van der Waals surface area contributed by atoms with E-state index in [1.165, 1.54) is 10.6 Å². The quantitative estimate of drug-likeness (QED) is 0.840. The van der Waals surface area contributed by atoms with E-state index in [4.69, 9.17) is 0 Å². The molecule has 0 N–H and O–H groups in total. The number of hydrogen-bond acceptors (Lipinski definition) is 3. The van der Waals surface area contributed by atoms with E-state index in [1.807, 2.05) is 18.5 Å². The molecule has 2 aromatic rings. The Morgan fingerprint density at radius 1 is 1.42 bits per heavy atom. The molecule has 0 bridgehead atoms. The summed E-state index contributed by atoms with van der Waals surface area (Å²) in [4.78, 5) is 17.8. The monoisotopic (exact) mass is 274 g/mol. The third kappa shape index (κ3) is 2.37. The molecule has 0 radical (unpaired) electrons. The molecule has 3 nitrogen and oxygen atoms in total. The van der Waals surface area contributed by atoms with Gasteiger partial charge in [0.05, 0.1) is 6.54 Å². The Balaban J connectivity index is 1.95. The summed E-state index contributed by atoms with van der Waals surface area (Å²) < 4.78 is 2.19. The first kappa shape index (κ1) is 12.6. The number of fused-ring (bicyclic) bond motifs is 1. The zero-order chi connectivity index (χ0) is 13.6. The SMILES string of the molecule is Cc1cnc(Cn2ccc3c2CC(C)(C)CC3=O)s1. The van der Waals surface area contributed by atoms with Crippen LogP contribution in [0.15, 0.2) is 18.5 Å². The highest BCUT2D eigenvalue weighted by molar-refractivity contribution is 7.11. The largest absolute Gasteiger partial charge is 0.344 e. The molecular weight excluding hydrogens is 256 g/mol. The molecular formula is C15H18N2OS. The molecule has 0 aliphatic heterocycles. The van der Waals surface area contributed by atoms with Crippen molar-refractivity contribution in [1.82, 2.24) is 9.55 Å². The Labute approximate surface area is 117 Å². The number of carbonyl (C=O) groups is 1. The molecule has 19 heavy (non-hydrogen) atoms. The van der Waals surface area contributed by atoms with Gasteiger partial charge in [0.15, 0.2) is 5.78 Å². The van der Waals surface area contributed by atoms with Gasteiger partial charge in [-0.05, 0) is 24.8 Å². The fourth-order valence-corrected chi connectivity index (χ4v) is 3.56. The third-order valence-corrected chi connectivity index (χ3v) is 4.54. The van der Waals surface area contributed by atoms with Crippen LogP contribution in [0, 0.1) is 12.3 Å². The lowest BCUT2D eigenvalue weighted by Crippen LogP contribution is -2.28. The summed E-state index contributed by atoms with van der Waals surface area (Å²) in [5, 5.41) is 1.10. The summed E-state index contributed by atoms with van der Waals surface area (Å²) in [6.07, 6.45) is 5.55. The minimum Gasteiger partial charge on any atom is -0.344 e. The van der Waals surface area contributed by atoms with Gasteiger partial charge in [-0.2, -0.15) is 0 Å². The van der Waals surface area contributed by atoms with E-state index in [9.17, 15) is 4.79 Å². The second kappa shape index (κ2) is 4.30. The van der Waals surface area contributed by atoms with Gasteiger partial charge < -0.3 is 4.57 Å². The van der Waals surface area contributed by atoms with E-state index in [0.29, 0.717) is 6.42 Å². The Kier molecular flexibility index (Phi) is 2.86. The highest BCUT2D eigenvalue weighted by Gasteiger charge is 2.32. The molecule has 0 aromatic carbocycles. The molecule has 0 saturated heterocycles. The number of hydrogen-bond donors (Lipinski definition) is 0. The number of Topliss-reactive ketones (excluding diaryl/α,β-unsaturated/α-hetero) is 1. The van der Waals surface area contributed by atoms with E-state index in [-0.39, 0.29) is 11.2 Å². The second-order valence-corrected chi connectivity index (χ2v) is 7.43. The topological polar surface area (TPSA) is 34.9 Å². The Bertz CT molecular complexity index is 636. The fourth-order valence-electron chi connectivity index (χ4n) is 2.77. The predicted molar refractivity (Wildman–Crippen MR) is 76.8 cm³/mol. The normalized spacial score (nSPS) is 17.5. The Hall–Kier alpha value is -1.42. The third-order valence-electron chi connectivity index (χ3n) is 3.64. The number of rotatable bonds is 2. The molecule has 1 aliphatic carbocycles. The molecule has 2 heterocycles. The van der Waals surface area contributed by atoms with Crippen molar-refractivity contribution in [3.8, 4) is 0 Å². The number of ketones is 1. The van der Waals surface area contributed by atoms with Crippen molar-refractivity contribution in [2.75, 3.05) is 0 Å². The second-order valence-electron chi connectivity index (χ2n) is 6.11.